The lowest BCUT2D eigenvalue weighted by atomic mass is 9.86. The maximum atomic E-state index is 10.6. The number of hydrogen-bond acceptors (Lipinski definition) is 3. The molecule has 0 spiro atoms. The van der Waals surface area contributed by atoms with E-state index < -0.39 is 5.97 Å². The van der Waals surface area contributed by atoms with Crippen LogP contribution >= 0.6 is 0 Å². The zero-order chi connectivity index (χ0) is 23.6. The highest BCUT2D eigenvalue weighted by atomic mass is 16.5. The van der Waals surface area contributed by atoms with Crippen molar-refractivity contribution < 1.29 is 19.4 Å². The minimum Gasteiger partial charge on any atom is -0.493 e. The summed E-state index contributed by atoms with van der Waals surface area (Å²) in [5, 5.41) is 8.75. The molecule has 1 heterocycles. The molecule has 1 atom stereocenters. The third-order valence-electron chi connectivity index (χ3n) is 6.74. The van der Waals surface area contributed by atoms with Crippen molar-refractivity contribution in [3.63, 3.8) is 0 Å². The van der Waals surface area contributed by atoms with Gasteiger partial charge in [0.2, 0.25) is 0 Å². The van der Waals surface area contributed by atoms with Gasteiger partial charge in [0, 0.05) is 12.0 Å². The van der Waals surface area contributed by atoms with Crippen LogP contribution < -0.4 is 9.47 Å². The van der Waals surface area contributed by atoms with Crippen molar-refractivity contribution in [3.05, 3.63) is 34.4 Å². The highest BCUT2D eigenvalue weighted by Gasteiger charge is 2.32. The molecule has 4 nitrogen and oxygen atoms in total. The molecule has 0 fully saturated rings. The summed E-state index contributed by atoms with van der Waals surface area (Å²) >= 11 is 0. The first-order chi connectivity index (χ1) is 15.3. The van der Waals surface area contributed by atoms with Gasteiger partial charge in [0.25, 0.3) is 0 Å². The van der Waals surface area contributed by atoms with Gasteiger partial charge in [0.15, 0.2) is 0 Å². The van der Waals surface area contributed by atoms with E-state index in [-0.39, 0.29) is 12.0 Å². The Balaban J connectivity index is 1.98. The number of carboxylic acids is 1. The number of allylic oxidation sites excluding steroid dienone is 1. The molecular formula is C28H44O4. The molecule has 180 valence electrons. The zero-order valence-electron chi connectivity index (χ0n) is 21.0. The van der Waals surface area contributed by atoms with Crippen LogP contribution in [0.1, 0.15) is 107 Å². The van der Waals surface area contributed by atoms with Gasteiger partial charge in [0.05, 0.1) is 6.61 Å². The summed E-state index contributed by atoms with van der Waals surface area (Å²) in [6.07, 6.45) is 16.9. The molecule has 2 rings (SSSR count). The van der Waals surface area contributed by atoms with Crippen LogP contribution in [0.15, 0.2) is 12.2 Å². The number of fused-ring (bicyclic) bond motifs is 1. The molecule has 0 saturated heterocycles. The molecule has 1 aliphatic rings. The zero-order valence-corrected chi connectivity index (χ0v) is 21.0. The molecule has 4 heteroatoms. The Hall–Kier alpha value is -1.97. The third kappa shape index (κ3) is 7.56. The van der Waals surface area contributed by atoms with E-state index in [2.05, 4.69) is 46.8 Å². The molecule has 0 bridgehead atoms. The summed E-state index contributed by atoms with van der Waals surface area (Å²) < 4.78 is 12.8. The summed E-state index contributed by atoms with van der Waals surface area (Å²) in [7, 11) is 0. The highest BCUT2D eigenvalue weighted by molar-refractivity contribution is 5.66. The van der Waals surface area contributed by atoms with Gasteiger partial charge in [-0.25, -0.2) is 0 Å². The molecule has 0 aromatic heterocycles. The fourth-order valence-corrected chi connectivity index (χ4v) is 4.51. The number of carbonyl (C=O) groups is 1. The summed E-state index contributed by atoms with van der Waals surface area (Å²) in [5.74, 6) is 1.29. The van der Waals surface area contributed by atoms with Crippen molar-refractivity contribution in [2.24, 2.45) is 0 Å². The number of unbranched alkanes of at least 4 members (excludes halogenated alkanes) is 7. The van der Waals surface area contributed by atoms with Crippen molar-refractivity contribution in [3.8, 4) is 11.5 Å². The normalized spacial score (nSPS) is 17.9. The molecule has 0 amide bonds. The minimum absolute atomic E-state index is 0.236. The summed E-state index contributed by atoms with van der Waals surface area (Å²) in [4.78, 5) is 10.6. The molecule has 0 saturated carbocycles. The minimum atomic E-state index is -0.725. The number of hydrogen-bond donors (Lipinski definition) is 1. The second kappa shape index (κ2) is 12.9. The number of carboxylic acid groups (broad SMARTS) is 1. The van der Waals surface area contributed by atoms with Crippen LogP contribution in [0.2, 0.25) is 0 Å². The molecule has 1 aliphatic heterocycles. The quantitative estimate of drug-likeness (QED) is 0.237. The Morgan fingerprint density at radius 2 is 1.75 bits per heavy atom. The summed E-state index contributed by atoms with van der Waals surface area (Å²) in [6, 6.07) is 0. The van der Waals surface area contributed by atoms with E-state index >= 15 is 0 Å². The van der Waals surface area contributed by atoms with Crippen LogP contribution in [0, 0.1) is 20.8 Å². The Morgan fingerprint density at radius 1 is 1.03 bits per heavy atom. The predicted molar refractivity (Wildman–Crippen MR) is 132 cm³/mol. The van der Waals surface area contributed by atoms with Crippen molar-refractivity contribution in [1.82, 2.24) is 0 Å². The second-order valence-corrected chi connectivity index (χ2v) is 9.58. The molecule has 1 aromatic rings. The van der Waals surface area contributed by atoms with E-state index in [1.165, 1.54) is 48.8 Å². The van der Waals surface area contributed by atoms with Crippen molar-refractivity contribution in [2.75, 3.05) is 6.61 Å². The van der Waals surface area contributed by atoms with Crippen LogP contribution in [0.5, 0.6) is 11.5 Å². The molecule has 1 N–H and O–H groups in total. The van der Waals surface area contributed by atoms with Gasteiger partial charge in [-0.2, -0.15) is 0 Å². The highest BCUT2D eigenvalue weighted by Crippen LogP contribution is 2.44. The predicted octanol–water partition coefficient (Wildman–Crippen LogP) is 7.64. The Kier molecular flexibility index (Phi) is 10.6. The molecular weight excluding hydrogens is 400 g/mol. The van der Waals surface area contributed by atoms with Gasteiger partial charge in [-0.3, -0.25) is 4.79 Å². The van der Waals surface area contributed by atoms with Crippen LogP contribution in [0.4, 0.5) is 0 Å². The van der Waals surface area contributed by atoms with Crippen molar-refractivity contribution in [1.29, 1.82) is 0 Å². The van der Waals surface area contributed by atoms with Gasteiger partial charge >= 0.3 is 5.97 Å². The first-order valence-electron chi connectivity index (χ1n) is 12.6. The van der Waals surface area contributed by atoms with E-state index in [0.29, 0.717) is 13.0 Å². The molecule has 0 aliphatic carbocycles. The maximum Gasteiger partial charge on any atom is 0.303 e. The van der Waals surface area contributed by atoms with E-state index in [4.69, 9.17) is 14.6 Å². The third-order valence-corrected chi connectivity index (χ3v) is 6.74. The van der Waals surface area contributed by atoms with E-state index in [9.17, 15) is 4.79 Å². The number of aliphatic carboxylic acids is 1. The average Bonchev–Trinajstić information content (AvgIpc) is 2.75. The monoisotopic (exact) mass is 444 g/mol. The lowest BCUT2D eigenvalue weighted by Gasteiger charge is -2.36. The molecule has 1 aromatic carbocycles. The topological polar surface area (TPSA) is 55.8 Å². The average molecular weight is 445 g/mol. The molecule has 32 heavy (non-hydrogen) atoms. The van der Waals surface area contributed by atoms with Crippen LogP contribution in [-0.2, 0) is 11.2 Å². The van der Waals surface area contributed by atoms with E-state index in [1.54, 1.807) is 0 Å². The van der Waals surface area contributed by atoms with Gasteiger partial charge in [-0.1, -0.05) is 38.7 Å². The Morgan fingerprint density at radius 3 is 2.47 bits per heavy atom. The Labute approximate surface area is 195 Å². The first kappa shape index (κ1) is 26.3. The Bertz CT molecular complexity index is 780. The van der Waals surface area contributed by atoms with Gasteiger partial charge in [0.1, 0.15) is 17.1 Å². The van der Waals surface area contributed by atoms with Gasteiger partial charge < -0.3 is 14.6 Å². The SMILES string of the molecule is CCCCCCC/C=C/C1(C)CCc2c(C)c(OCCCCCC(=O)O)c(C)c(C)c2O1. The van der Waals surface area contributed by atoms with Crippen LogP contribution in [0.25, 0.3) is 0 Å². The van der Waals surface area contributed by atoms with Gasteiger partial charge in [-0.15, -0.1) is 0 Å². The number of ether oxygens (including phenoxy) is 2. The summed E-state index contributed by atoms with van der Waals surface area (Å²) in [5.41, 5.74) is 4.54. The largest absolute Gasteiger partial charge is 0.493 e. The fourth-order valence-electron chi connectivity index (χ4n) is 4.51. The molecule has 1 unspecified atom stereocenters. The number of rotatable bonds is 14. The number of benzene rings is 1. The summed E-state index contributed by atoms with van der Waals surface area (Å²) in [6.45, 7) is 11.5. The van der Waals surface area contributed by atoms with Gasteiger partial charge in [-0.05, 0) is 95.4 Å². The fraction of sp³-hybridized carbons (Fsp3) is 0.679. The smallest absolute Gasteiger partial charge is 0.303 e. The molecule has 0 radical (unpaired) electrons. The lowest BCUT2D eigenvalue weighted by molar-refractivity contribution is -0.137. The maximum absolute atomic E-state index is 10.6. The van der Waals surface area contributed by atoms with Crippen LogP contribution in [0.3, 0.4) is 0 Å². The van der Waals surface area contributed by atoms with Crippen molar-refractivity contribution in [2.45, 2.75) is 117 Å². The standard InChI is InChI=1S/C28H44O4/c1-6-7-8-9-10-11-14-18-28(5)19-17-24-23(4)26(21(2)22(3)27(24)32-28)31-20-15-12-13-16-25(29)30/h14,18H,6-13,15-17,19-20H2,1-5H3,(H,29,30)/b18-14+. The lowest BCUT2D eigenvalue weighted by Crippen LogP contribution is -2.35. The van der Waals surface area contributed by atoms with Crippen LogP contribution in [-0.4, -0.2) is 23.3 Å². The second-order valence-electron chi connectivity index (χ2n) is 9.58. The first-order valence-corrected chi connectivity index (χ1v) is 12.6. The van der Waals surface area contributed by atoms with E-state index in [0.717, 1.165) is 49.2 Å². The van der Waals surface area contributed by atoms with Crippen molar-refractivity contribution >= 4 is 5.97 Å². The van der Waals surface area contributed by atoms with E-state index in [1.807, 2.05) is 0 Å².